The van der Waals surface area contributed by atoms with Crippen LogP contribution in [0.2, 0.25) is 5.02 Å². The van der Waals surface area contributed by atoms with Crippen LogP contribution in [-0.2, 0) is 27.1 Å². The van der Waals surface area contributed by atoms with E-state index in [1.54, 1.807) is 12.1 Å². The summed E-state index contributed by atoms with van der Waals surface area (Å²) >= 11 is 6.53. The van der Waals surface area contributed by atoms with Crippen molar-refractivity contribution >= 4 is 38.6 Å². The number of carboxylic acids is 1. The van der Waals surface area contributed by atoms with Crippen LogP contribution in [-0.4, -0.2) is 50.6 Å². The van der Waals surface area contributed by atoms with E-state index in [2.05, 4.69) is 28.8 Å². The molecule has 0 unspecified atom stereocenters. The molecule has 0 amide bonds. The lowest BCUT2D eigenvalue weighted by atomic mass is 9.97. The maximum Gasteiger partial charge on any atom is 0.339 e. The van der Waals surface area contributed by atoms with Gasteiger partial charge in [0.15, 0.2) is 0 Å². The molecule has 44 heavy (non-hydrogen) atoms. The van der Waals surface area contributed by atoms with Crippen molar-refractivity contribution in [2.75, 3.05) is 26.6 Å². The molecule has 5 rings (SSSR count). The molecule has 0 fully saturated rings. The largest absolute Gasteiger partial charge is 0.496 e. The number of hydrogen-bond acceptors (Lipinski definition) is 6. The Balaban J connectivity index is 1.62. The lowest BCUT2D eigenvalue weighted by Gasteiger charge is -2.25. The average molecular weight is 634 g/mol. The van der Waals surface area contributed by atoms with E-state index in [9.17, 15) is 18.3 Å². The van der Waals surface area contributed by atoms with Gasteiger partial charge >= 0.3 is 5.97 Å². The van der Waals surface area contributed by atoms with Crippen LogP contribution in [0.25, 0.3) is 10.9 Å². The molecule has 0 atom stereocenters. The number of aromatic carboxylic acids is 1. The predicted octanol–water partition coefficient (Wildman–Crippen LogP) is 6.78. The Hall–Kier alpha value is -4.31. The van der Waals surface area contributed by atoms with Gasteiger partial charge in [-0.05, 0) is 47.0 Å². The van der Waals surface area contributed by atoms with Gasteiger partial charge in [0.05, 0.1) is 32.6 Å². The smallest absolute Gasteiger partial charge is 0.339 e. The van der Waals surface area contributed by atoms with Gasteiger partial charge < -0.3 is 19.1 Å². The maximum atomic E-state index is 11.9. The Morgan fingerprint density at radius 2 is 1.55 bits per heavy atom. The first-order valence-corrected chi connectivity index (χ1v) is 16.2. The van der Waals surface area contributed by atoms with E-state index in [0.717, 1.165) is 39.5 Å². The number of rotatable bonds is 13. The predicted molar refractivity (Wildman–Crippen MR) is 171 cm³/mol. The molecule has 0 saturated carbocycles. The minimum Gasteiger partial charge on any atom is -0.496 e. The molecule has 8 nitrogen and oxygen atoms in total. The highest BCUT2D eigenvalue weighted by molar-refractivity contribution is 7.85. The van der Waals surface area contributed by atoms with Gasteiger partial charge in [-0.15, -0.1) is 0 Å². The van der Waals surface area contributed by atoms with Crippen LogP contribution in [0.1, 0.15) is 38.8 Å². The average Bonchev–Trinajstić information content (AvgIpc) is 3.29. The van der Waals surface area contributed by atoms with E-state index in [-0.39, 0.29) is 30.6 Å². The van der Waals surface area contributed by atoms with Crippen LogP contribution in [0.3, 0.4) is 0 Å². The van der Waals surface area contributed by atoms with Gasteiger partial charge in [0, 0.05) is 40.5 Å². The van der Waals surface area contributed by atoms with Crippen molar-refractivity contribution in [1.29, 1.82) is 0 Å². The van der Waals surface area contributed by atoms with Crippen molar-refractivity contribution in [2.45, 2.75) is 18.9 Å². The molecule has 0 radical (unpaired) electrons. The molecule has 228 valence electrons. The molecule has 0 spiro atoms. The van der Waals surface area contributed by atoms with Crippen molar-refractivity contribution in [3.63, 3.8) is 0 Å². The number of carbonyl (C=O) groups is 1. The van der Waals surface area contributed by atoms with Gasteiger partial charge in [-0.3, -0.25) is 4.18 Å². The Morgan fingerprint density at radius 3 is 2.14 bits per heavy atom. The second-order valence-corrected chi connectivity index (χ2v) is 12.3. The molecule has 1 aromatic heterocycles. The number of halogens is 1. The van der Waals surface area contributed by atoms with Crippen molar-refractivity contribution in [1.82, 2.24) is 4.57 Å². The van der Waals surface area contributed by atoms with Crippen LogP contribution in [0.5, 0.6) is 11.5 Å². The number of methoxy groups -OCH3 is 1. The molecule has 5 aromatic rings. The molecule has 1 N–H and O–H groups in total. The second-order valence-electron chi connectivity index (χ2n) is 10.2. The van der Waals surface area contributed by atoms with Gasteiger partial charge in [-0.2, -0.15) is 8.42 Å². The molecular formula is C34H32ClNO7S. The summed E-state index contributed by atoms with van der Waals surface area (Å²) in [7, 11) is -2.25. The SMILES string of the molecule is COc1cc(OCCc2c(CCOS(C)(=O)=O)n(C(c3ccccc3)c3ccccc3)c3ccc(Cl)cc23)ccc1C(=O)O. The van der Waals surface area contributed by atoms with Crippen LogP contribution in [0.4, 0.5) is 0 Å². The van der Waals surface area contributed by atoms with Crippen LogP contribution in [0, 0.1) is 0 Å². The summed E-state index contributed by atoms with van der Waals surface area (Å²) in [6.45, 7) is 0.212. The van der Waals surface area contributed by atoms with E-state index in [1.165, 1.54) is 13.2 Å². The zero-order valence-electron chi connectivity index (χ0n) is 24.3. The molecule has 4 aromatic carbocycles. The maximum absolute atomic E-state index is 11.9. The summed E-state index contributed by atoms with van der Waals surface area (Å²) in [5.41, 5.74) is 4.94. The number of ether oxygens (including phenoxy) is 2. The summed E-state index contributed by atoms with van der Waals surface area (Å²) < 4.78 is 42.6. The van der Waals surface area contributed by atoms with E-state index in [4.69, 9.17) is 25.3 Å². The minimum atomic E-state index is -3.66. The van der Waals surface area contributed by atoms with Crippen molar-refractivity contribution < 1.29 is 32.0 Å². The number of nitrogens with zero attached hydrogens (tertiary/aromatic N) is 1. The third kappa shape index (κ3) is 7.07. The Labute approximate surface area is 261 Å². The van der Waals surface area contributed by atoms with E-state index < -0.39 is 16.1 Å². The van der Waals surface area contributed by atoms with Crippen molar-refractivity contribution in [3.05, 3.63) is 130 Å². The molecular weight excluding hydrogens is 602 g/mol. The highest BCUT2D eigenvalue weighted by Crippen LogP contribution is 2.38. The quantitative estimate of drug-likeness (QED) is 0.143. The van der Waals surface area contributed by atoms with Gasteiger partial charge in [-0.25, -0.2) is 4.79 Å². The normalized spacial score (nSPS) is 11.6. The fraction of sp³-hybridized carbons (Fsp3) is 0.206. The van der Waals surface area contributed by atoms with E-state index in [1.807, 2.05) is 54.6 Å². The standard InChI is InChI=1S/C34H32ClNO7S/c1-41-32-22-26(14-15-28(32)34(37)38)42-19-17-27-29-21-25(35)13-16-30(29)36(31(27)18-20-43-44(2,39)40)33(23-9-5-3-6-10-23)24-11-7-4-8-12-24/h3-16,21-22,33H,17-20H2,1-2H3,(H,37,38). The van der Waals surface area contributed by atoms with E-state index >= 15 is 0 Å². The monoisotopic (exact) mass is 633 g/mol. The minimum absolute atomic E-state index is 0.0404. The summed E-state index contributed by atoms with van der Waals surface area (Å²) in [5, 5.41) is 10.9. The highest BCUT2D eigenvalue weighted by Gasteiger charge is 2.26. The van der Waals surface area contributed by atoms with Gasteiger partial charge in [0.1, 0.15) is 17.1 Å². The molecule has 0 aliphatic heterocycles. The molecule has 0 aliphatic carbocycles. The molecule has 0 bridgehead atoms. The first-order chi connectivity index (χ1) is 21.2. The van der Waals surface area contributed by atoms with Crippen molar-refractivity contribution in [2.24, 2.45) is 0 Å². The first kappa shape index (κ1) is 31.1. The molecule has 10 heteroatoms. The summed E-state index contributed by atoms with van der Waals surface area (Å²) in [6, 6.07) is 30.4. The zero-order chi connectivity index (χ0) is 31.3. The number of carboxylic acid groups (broad SMARTS) is 1. The van der Waals surface area contributed by atoms with Gasteiger partial charge in [0.2, 0.25) is 0 Å². The summed E-state index contributed by atoms with van der Waals surface area (Å²) in [5.74, 6) is -0.432. The van der Waals surface area contributed by atoms with Crippen molar-refractivity contribution in [3.8, 4) is 11.5 Å². The third-order valence-corrected chi connectivity index (χ3v) is 8.16. The number of aromatic nitrogens is 1. The number of fused-ring (bicyclic) bond motifs is 1. The zero-order valence-corrected chi connectivity index (χ0v) is 25.8. The lowest BCUT2D eigenvalue weighted by molar-refractivity contribution is 0.0693. The van der Waals surface area contributed by atoms with E-state index in [0.29, 0.717) is 23.6 Å². The second kappa shape index (κ2) is 13.5. The highest BCUT2D eigenvalue weighted by atomic mass is 35.5. The molecule has 0 saturated heterocycles. The molecule has 0 aliphatic rings. The Kier molecular flexibility index (Phi) is 9.58. The number of benzene rings is 4. The summed E-state index contributed by atoms with van der Waals surface area (Å²) in [6.07, 6.45) is 1.81. The fourth-order valence-corrected chi connectivity index (χ4v) is 6.07. The summed E-state index contributed by atoms with van der Waals surface area (Å²) in [4.78, 5) is 11.5. The Bertz CT molecular complexity index is 1830. The van der Waals surface area contributed by atoms with Crippen LogP contribution >= 0.6 is 11.6 Å². The van der Waals surface area contributed by atoms with Crippen LogP contribution in [0.15, 0.2) is 97.1 Å². The van der Waals surface area contributed by atoms with Gasteiger partial charge in [0.25, 0.3) is 10.1 Å². The number of hydrogen-bond donors (Lipinski definition) is 1. The third-order valence-electron chi connectivity index (χ3n) is 7.33. The topological polar surface area (TPSA) is 104 Å². The lowest BCUT2D eigenvalue weighted by Crippen LogP contribution is -2.18. The molecule has 1 heterocycles. The first-order valence-electron chi connectivity index (χ1n) is 14.0. The Morgan fingerprint density at radius 1 is 0.886 bits per heavy atom. The van der Waals surface area contributed by atoms with Gasteiger partial charge in [-0.1, -0.05) is 72.3 Å². The van der Waals surface area contributed by atoms with Crippen LogP contribution < -0.4 is 9.47 Å². The fourth-order valence-electron chi connectivity index (χ4n) is 5.51.